The fraction of sp³-hybridized carbons (Fsp3) is 0.500. The second-order valence-electron chi connectivity index (χ2n) is 8.19. The number of morpholine rings is 2. The first kappa shape index (κ1) is 29.7. The van der Waals surface area contributed by atoms with Gasteiger partial charge in [-0.05, 0) is 19.1 Å². The summed E-state index contributed by atoms with van der Waals surface area (Å²) in [7, 11) is 0. The molecule has 2 fully saturated rings. The first-order valence-corrected chi connectivity index (χ1v) is 12.1. The number of aromatic nitrogens is 2. The molecular weight excluding hydrogens is 480 g/mol. The third-order valence-electron chi connectivity index (χ3n) is 5.06. The molecule has 13 heteroatoms. The Kier molecular flexibility index (Phi) is 13.7. The summed E-state index contributed by atoms with van der Waals surface area (Å²) >= 11 is 0. The van der Waals surface area contributed by atoms with Crippen molar-refractivity contribution in [2.24, 2.45) is 0 Å². The molecular formula is C24H38N8O5. The van der Waals surface area contributed by atoms with Crippen molar-refractivity contribution in [3.8, 4) is 0 Å². The maximum atomic E-state index is 11.7. The fourth-order valence-electron chi connectivity index (χ4n) is 3.31. The number of pyridine rings is 2. The largest absolute Gasteiger partial charge is 0.465 e. The lowest BCUT2D eigenvalue weighted by atomic mass is 10.3. The first-order chi connectivity index (χ1) is 17.9. The van der Waals surface area contributed by atoms with E-state index in [0.717, 1.165) is 39.4 Å². The molecule has 37 heavy (non-hydrogen) atoms. The number of carbonyl (C=O) groups excluding carboxylic acids is 2. The second kappa shape index (κ2) is 17.0. The van der Waals surface area contributed by atoms with Gasteiger partial charge in [0.1, 0.15) is 0 Å². The number of nitrogens with zero attached hydrogens (tertiary/aromatic N) is 4. The molecule has 1 amide bonds. The van der Waals surface area contributed by atoms with Crippen molar-refractivity contribution in [2.75, 3.05) is 94.8 Å². The molecule has 2 aliphatic rings. The SMILES string of the molecule is CCOC(=O)CN1CCOCC1.Nc1cncc(N)c1.Nc1cncc(NC(=O)CN2CCOCC2)c1. The zero-order valence-electron chi connectivity index (χ0n) is 21.3. The molecule has 0 spiro atoms. The van der Waals surface area contributed by atoms with Crippen LogP contribution in [0.5, 0.6) is 0 Å². The van der Waals surface area contributed by atoms with E-state index in [1.165, 1.54) is 6.20 Å². The van der Waals surface area contributed by atoms with Gasteiger partial charge in [0.25, 0.3) is 0 Å². The summed E-state index contributed by atoms with van der Waals surface area (Å²) in [5, 5.41) is 2.77. The predicted molar refractivity (Wildman–Crippen MR) is 141 cm³/mol. The molecule has 2 aromatic rings. The summed E-state index contributed by atoms with van der Waals surface area (Å²) < 4.78 is 15.2. The van der Waals surface area contributed by atoms with Crippen molar-refractivity contribution >= 4 is 34.6 Å². The molecule has 4 rings (SSSR count). The van der Waals surface area contributed by atoms with Gasteiger partial charge in [0.05, 0.1) is 75.1 Å². The van der Waals surface area contributed by atoms with Crippen LogP contribution in [0, 0.1) is 0 Å². The number of carbonyl (C=O) groups is 2. The van der Waals surface area contributed by atoms with Crippen LogP contribution >= 0.6 is 0 Å². The average Bonchev–Trinajstić information content (AvgIpc) is 2.86. The van der Waals surface area contributed by atoms with Crippen LogP contribution in [0.3, 0.4) is 0 Å². The molecule has 0 atom stereocenters. The monoisotopic (exact) mass is 518 g/mol. The predicted octanol–water partition coefficient (Wildman–Crippen LogP) is 0.0622. The van der Waals surface area contributed by atoms with Gasteiger partial charge in [0.15, 0.2) is 0 Å². The number of rotatable bonds is 6. The Morgan fingerprint density at radius 3 is 1.78 bits per heavy atom. The van der Waals surface area contributed by atoms with E-state index in [0.29, 0.717) is 55.7 Å². The van der Waals surface area contributed by atoms with Crippen molar-refractivity contribution in [2.45, 2.75) is 6.92 Å². The number of amides is 1. The highest BCUT2D eigenvalue weighted by Gasteiger charge is 2.15. The van der Waals surface area contributed by atoms with Crippen molar-refractivity contribution in [3.63, 3.8) is 0 Å². The van der Waals surface area contributed by atoms with Crippen LogP contribution in [0.2, 0.25) is 0 Å². The molecule has 7 N–H and O–H groups in total. The summed E-state index contributed by atoms with van der Waals surface area (Å²) in [4.78, 5) is 34.5. The Morgan fingerprint density at radius 2 is 1.32 bits per heavy atom. The van der Waals surface area contributed by atoms with Gasteiger partial charge in [0, 0.05) is 44.8 Å². The number of nitrogens with one attached hydrogen (secondary N) is 1. The van der Waals surface area contributed by atoms with Gasteiger partial charge in [0.2, 0.25) is 5.91 Å². The average molecular weight is 519 g/mol. The van der Waals surface area contributed by atoms with E-state index in [9.17, 15) is 9.59 Å². The van der Waals surface area contributed by atoms with E-state index < -0.39 is 0 Å². The number of hydrogen-bond acceptors (Lipinski definition) is 12. The molecule has 0 radical (unpaired) electrons. The minimum Gasteiger partial charge on any atom is -0.465 e. The van der Waals surface area contributed by atoms with E-state index in [1.807, 2.05) is 11.8 Å². The number of nitrogen functional groups attached to an aromatic ring is 3. The highest BCUT2D eigenvalue weighted by Crippen LogP contribution is 2.09. The van der Waals surface area contributed by atoms with Crippen LogP contribution in [0.4, 0.5) is 22.7 Å². The second-order valence-corrected chi connectivity index (χ2v) is 8.19. The Morgan fingerprint density at radius 1 is 0.838 bits per heavy atom. The molecule has 2 saturated heterocycles. The minimum atomic E-state index is -0.139. The van der Waals surface area contributed by atoms with Crippen LogP contribution in [0.25, 0.3) is 0 Å². The Hall–Kier alpha value is -3.52. The number of nitrogens with two attached hydrogens (primary N) is 3. The van der Waals surface area contributed by atoms with Crippen LogP contribution in [-0.4, -0.2) is 104 Å². The summed E-state index contributed by atoms with van der Waals surface area (Å²) in [6.07, 6.45) is 6.22. The standard InChI is InChI=1S/C11H16N4O2.C8H15NO3.C5H7N3/c12-9-5-10(7-13-6-9)14-11(16)8-15-1-3-17-4-2-15;1-2-12-8(10)7-9-3-5-11-6-4-9;6-4-1-5(7)3-8-2-4/h5-7H,1-4,8,12H2,(H,14,16);2-7H2,1H3;1-3H,6-7H2. The van der Waals surface area contributed by atoms with E-state index in [2.05, 4.69) is 20.2 Å². The van der Waals surface area contributed by atoms with Crippen molar-refractivity contribution < 1.29 is 23.8 Å². The Balaban J connectivity index is 0.000000210. The third kappa shape index (κ3) is 13.4. The molecule has 2 aromatic heterocycles. The number of hydrogen-bond donors (Lipinski definition) is 4. The number of esters is 1. The number of ether oxygens (including phenoxy) is 3. The first-order valence-electron chi connectivity index (χ1n) is 12.1. The van der Waals surface area contributed by atoms with E-state index in [4.69, 9.17) is 31.4 Å². The molecule has 0 unspecified atom stereocenters. The van der Waals surface area contributed by atoms with Crippen molar-refractivity contribution in [3.05, 3.63) is 36.9 Å². The molecule has 0 aromatic carbocycles. The van der Waals surface area contributed by atoms with Crippen LogP contribution in [-0.2, 0) is 23.8 Å². The molecule has 0 aliphatic carbocycles. The van der Waals surface area contributed by atoms with Gasteiger partial charge in [-0.15, -0.1) is 0 Å². The normalized spacial score (nSPS) is 15.8. The summed E-state index contributed by atoms with van der Waals surface area (Å²) in [6.45, 7) is 9.12. The maximum Gasteiger partial charge on any atom is 0.320 e. The van der Waals surface area contributed by atoms with Crippen LogP contribution in [0.1, 0.15) is 6.92 Å². The zero-order valence-corrected chi connectivity index (χ0v) is 21.3. The summed E-state index contributed by atoms with van der Waals surface area (Å²) in [5.41, 5.74) is 18.6. The van der Waals surface area contributed by atoms with Gasteiger partial charge >= 0.3 is 5.97 Å². The molecule has 204 valence electrons. The highest BCUT2D eigenvalue weighted by atomic mass is 16.5. The highest BCUT2D eigenvalue weighted by molar-refractivity contribution is 5.92. The van der Waals surface area contributed by atoms with Gasteiger partial charge in [-0.25, -0.2) is 0 Å². The van der Waals surface area contributed by atoms with Gasteiger partial charge in [-0.1, -0.05) is 0 Å². The lowest BCUT2D eigenvalue weighted by molar-refractivity contribution is -0.145. The Labute approximate surface area is 217 Å². The van der Waals surface area contributed by atoms with Crippen molar-refractivity contribution in [1.29, 1.82) is 0 Å². The lowest BCUT2D eigenvalue weighted by Crippen LogP contribution is -2.41. The van der Waals surface area contributed by atoms with E-state index >= 15 is 0 Å². The Bertz CT molecular complexity index is 935. The van der Waals surface area contributed by atoms with Crippen molar-refractivity contribution in [1.82, 2.24) is 19.8 Å². The van der Waals surface area contributed by atoms with Gasteiger partial charge in [-0.2, -0.15) is 0 Å². The van der Waals surface area contributed by atoms with Crippen LogP contribution in [0.15, 0.2) is 36.9 Å². The smallest absolute Gasteiger partial charge is 0.320 e. The summed E-state index contributed by atoms with van der Waals surface area (Å²) in [6, 6.07) is 3.34. The molecule has 2 aliphatic heterocycles. The fourth-order valence-corrected chi connectivity index (χ4v) is 3.31. The zero-order chi connectivity index (χ0) is 26.9. The molecule has 4 heterocycles. The van der Waals surface area contributed by atoms with E-state index in [1.54, 1.807) is 30.7 Å². The molecule has 13 nitrogen and oxygen atoms in total. The quantitative estimate of drug-likeness (QED) is 0.378. The van der Waals surface area contributed by atoms with Gasteiger partial charge in [-0.3, -0.25) is 29.4 Å². The topological polar surface area (TPSA) is 184 Å². The summed E-state index contributed by atoms with van der Waals surface area (Å²) in [5.74, 6) is -0.196. The van der Waals surface area contributed by atoms with Crippen LogP contribution < -0.4 is 22.5 Å². The third-order valence-corrected chi connectivity index (χ3v) is 5.06. The minimum absolute atomic E-state index is 0.0562. The molecule has 0 bridgehead atoms. The maximum absolute atomic E-state index is 11.7. The lowest BCUT2D eigenvalue weighted by Gasteiger charge is -2.25. The van der Waals surface area contributed by atoms with Gasteiger partial charge < -0.3 is 36.7 Å². The number of anilines is 4. The molecule has 0 saturated carbocycles. The van der Waals surface area contributed by atoms with E-state index in [-0.39, 0.29) is 11.9 Å².